The van der Waals surface area contributed by atoms with Crippen molar-refractivity contribution < 1.29 is 17.6 Å². The van der Waals surface area contributed by atoms with Crippen LogP contribution in [0.1, 0.15) is 16.9 Å². The van der Waals surface area contributed by atoms with Crippen LogP contribution >= 0.6 is 11.6 Å². The summed E-state index contributed by atoms with van der Waals surface area (Å²) in [5, 5.41) is 0.635. The molecule has 0 aliphatic heterocycles. The number of alkyl halides is 3. The van der Waals surface area contributed by atoms with E-state index in [9.17, 15) is 13.2 Å². The van der Waals surface area contributed by atoms with Crippen LogP contribution in [0, 0.1) is 0 Å². The van der Waals surface area contributed by atoms with Gasteiger partial charge in [0.2, 0.25) is 5.89 Å². The molecule has 1 aromatic heterocycles. The van der Waals surface area contributed by atoms with Crippen molar-refractivity contribution in [3.8, 4) is 11.5 Å². The van der Waals surface area contributed by atoms with E-state index in [-0.39, 0.29) is 5.89 Å². The highest BCUT2D eigenvalue weighted by Gasteiger charge is 2.30. The van der Waals surface area contributed by atoms with Gasteiger partial charge in [-0.25, -0.2) is 4.98 Å². The molecule has 23 heavy (non-hydrogen) atoms. The molecule has 118 valence electrons. The molecule has 0 saturated heterocycles. The zero-order valence-corrected chi connectivity index (χ0v) is 12.5. The smallest absolute Gasteiger partial charge is 0.416 e. The van der Waals surface area contributed by atoms with Gasteiger partial charge in [0.15, 0.2) is 0 Å². The molecule has 0 saturated carbocycles. The van der Waals surface area contributed by atoms with Crippen LogP contribution in [-0.4, -0.2) is 4.98 Å². The van der Waals surface area contributed by atoms with Gasteiger partial charge < -0.3 is 4.42 Å². The van der Waals surface area contributed by atoms with Crippen molar-refractivity contribution in [3.05, 3.63) is 76.6 Å². The maximum absolute atomic E-state index is 12.7. The van der Waals surface area contributed by atoms with Crippen molar-refractivity contribution >= 4 is 11.6 Å². The normalized spacial score (nSPS) is 11.7. The molecule has 0 unspecified atom stereocenters. The Morgan fingerprint density at radius 3 is 2.48 bits per heavy atom. The third-order valence-corrected chi connectivity index (χ3v) is 3.53. The Morgan fingerprint density at radius 2 is 1.78 bits per heavy atom. The van der Waals surface area contributed by atoms with Crippen LogP contribution < -0.4 is 0 Å². The van der Waals surface area contributed by atoms with Gasteiger partial charge in [-0.1, -0.05) is 29.8 Å². The van der Waals surface area contributed by atoms with Crippen LogP contribution in [0.3, 0.4) is 0 Å². The zero-order valence-electron chi connectivity index (χ0n) is 11.8. The van der Waals surface area contributed by atoms with E-state index in [1.807, 2.05) is 12.1 Å². The lowest BCUT2D eigenvalue weighted by Gasteiger charge is -2.06. The molecule has 0 N–H and O–H groups in total. The average Bonchev–Trinajstić information content (AvgIpc) is 2.97. The fourth-order valence-electron chi connectivity index (χ4n) is 2.15. The minimum atomic E-state index is -4.39. The van der Waals surface area contributed by atoms with Crippen molar-refractivity contribution in [3.63, 3.8) is 0 Å². The molecule has 0 atom stereocenters. The first-order valence-corrected chi connectivity index (χ1v) is 7.16. The van der Waals surface area contributed by atoms with Crippen molar-refractivity contribution in [1.29, 1.82) is 0 Å². The lowest BCUT2D eigenvalue weighted by atomic mass is 10.1. The third-order valence-electron chi connectivity index (χ3n) is 3.28. The van der Waals surface area contributed by atoms with E-state index in [0.717, 1.165) is 17.7 Å². The Kier molecular flexibility index (Phi) is 4.13. The predicted octanol–water partition coefficient (Wildman–Crippen LogP) is 5.60. The average molecular weight is 338 g/mol. The minimum absolute atomic E-state index is 0.167. The second-order valence-electron chi connectivity index (χ2n) is 5.01. The van der Waals surface area contributed by atoms with E-state index in [1.54, 1.807) is 12.1 Å². The fraction of sp³-hybridized carbons (Fsp3) is 0.118. The molecule has 3 rings (SSSR count). The van der Waals surface area contributed by atoms with Crippen molar-refractivity contribution in [2.24, 2.45) is 0 Å². The number of nitrogens with zero attached hydrogens (tertiary/aromatic N) is 1. The molecule has 0 spiro atoms. The summed E-state index contributed by atoms with van der Waals surface area (Å²) in [5.74, 6) is 0.736. The first kappa shape index (κ1) is 15.6. The summed E-state index contributed by atoms with van der Waals surface area (Å²) in [7, 11) is 0. The van der Waals surface area contributed by atoms with E-state index in [2.05, 4.69) is 4.98 Å². The van der Waals surface area contributed by atoms with Gasteiger partial charge in [0.05, 0.1) is 11.8 Å². The summed E-state index contributed by atoms with van der Waals surface area (Å²) in [5.41, 5.74) is 0.538. The van der Waals surface area contributed by atoms with E-state index in [0.29, 0.717) is 22.8 Å². The van der Waals surface area contributed by atoms with E-state index >= 15 is 0 Å². The maximum Gasteiger partial charge on any atom is 0.416 e. The van der Waals surface area contributed by atoms with Gasteiger partial charge in [-0.05, 0) is 35.9 Å². The molecule has 0 amide bonds. The lowest BCUT2D eigenvalue weighted by molar-refractivity contribution is -0.137. The number of halogens is 4. The second-order valence-corrected chi connectivity index (χ2v) is 5.45. The van der Waals surface area contributed by atoms with Gasteiger partial charge in [0.25, 0.3) is 0 Å². The topological polar surface area (TPSA) is 26.0 Å². The SMILES string of the molecule is FC(F)(F)c1cccc(-c2ncc(Cc3ccc(Cl)cc3)o2)c1. The first-order chi connectivity index (χ1) is 10.9. The Balaban J connectivity index is 1.83. The second kappa shape index (κ2) is 6.08. The highest BCUT2D eigenvalue weighted by molar-refractivity contribution is 6.30. The quantitative estimate of drug-likeness (QED) is 0.621. The van der Waals surface area contributed by atoms with Gasteiger partial charge in [0.1, 0.15) is 5.76 Å². The maximum atomic E-state index is 12.7. The van der Waals surface area contributed by atoms with Gasteiger partial charge in [-0.3, -0.25) is 0 Å². The standard InChI is InChI=1S/C17H11ClF3NO/c18-14-6-4-11(5-7-14)8-15-10-22-16(23-15)12-2-1-3-13(9-12)17(19,20)21/h1-7,9-10H,8H2. The number of hydrogen-bond acceptors (Lipinski definition) is 2. The highest BCUT2D eigenvalue weighted by atomic mass is 35.5. The number of aromatic nitrogens is 1. The highest BCUT2D eigenvalue weighted by Crippen LogP contribution is 2.32. The predicted molar refractivity (Wildman–Crippen MR) is 81.2 cm³/mol. The molecule has 6 heteroatoms. The molecular formula is C17H11ClF3NO. The van der Waals surface area contributed by atoms with Crippen LogP contribution in [0.25, 0.3) is 11.5 Å². The number of hydrogen-bond donors (Lipinski definition) is 0. The van der Waals surface area contributed by atoms with E-state index < -0.39 is 11.7 Å². The molecule has 0 radical (unpaired) electrons. The van der Waals surface area contributed by atoms with Crippen LogP contribution in [0.4, 0.5) is 13.2 Å². The summed E-state index contributed by atoms with van der Waals surface area (Å²) < 4.78 is 43.8. The molecular weight excluding hydrogens is 327 g/mol. The van der Waals surface area contributed by atoms with Gasteiger partial charge in [0, 0.05) is 17.0 Å². The van der Waals surface area contributed by atoms with Crippen LogP contribution in [0.15, 0.2) is 59.1 Å². The summed E-state index contributed by atoms with van der Waals surface area (Å²) in [4.78, 5) is 4.06. The Morgan fingerprint density at radius 1 is 1.04 bits per heavy atom. The van der Waals surface area contributed by atoms with E-state index in [4.69, 9.17) is 16.0 Å². The zero-order chi connectivity index (χ0) is 16.4. The Hall–Kier alpha value is -2.27. The first-order valence-electron chi connectivity index (χ1n) is 6.78. The van der Waals surface area contributed by atoms with E-state index in [1.165, 1.54) is 18.3 Å². The molecule has 2 aromatic carbocycles. The van der Waals surface area contributed by atoms with Crippen molar-refractivity contribution in [2.45, 2.75) is 12.6 Å². The monoisotopic (exact) mass is 337 g/mol. The molecule has 0 aliphatic rings. The largest absolute Gasteiger partial charge is 0.441 e. The van der Waals surface area contributed by atoms with Gasteiger partial charge >= 0.3 is 6.18 Å². The minimum Gasteiger partial charge on any atom is -0.441 e. The van der Waals surface area contributed by atoms with Crippen LogP contribution in [-0.2, 0) is 12.6 Å². The van der Waals surface area contributed by atoms with Crippen LogP contribution in [0.2, 0.25) is 5.02 Å². The third kappa shape index (κ3) is 3.74. The summed E-state index contributed by atoms with van der Waals surface area (Å²) in [6, 6.07) is 12.2. The number of benzene rings is 2. The lowest BCUT2D eigenvalue weighted by Crippen LogP contribution is -2.04. The molecule has 1 heterocycles. The Labute approximate surface area is 135 Å². The Bertz CT molecular complexity index is 809. The molecule has 3 aromatic rings. The molecule has 2 nitrogen and oxygen atoms in total. The molecule has 0 fully saturated rings. The number of oxazole rings is 1. The summed E-state index contributed by atoms with van der Waals surface area (Å²) >= 11 is 5.82. The van der Waals surface area contributed by atoms with Gasteiger partial charge in [-0.2, -0.15) is 13.2 Å². The van der Waals surface area contributed by atoms with Crippen molar-refractivity contribution in [2.75, 3.05) is 0 Å². The van der Waals surface area contributed by atoms with Crippen LogP contribution in [0.5, 0.6) is 0 Å². The van der Waals surface area contributed by atoms with Crippen molar-refractivity contribution in [1.82, 2.24) is 4.98 Å². The fourth-order valence-corrected chi connectivity index (χ4v) is 2.28. The molecule has 0 aliphatic carbocycles. The van der Waals surface area contributed by atoms with Gasteiger partial charge in [-0.15, -0.1) is 0 Å². The summed E-state index contributed by atoms with van der Waals surface area (Å²) in [6.07, 6.45) is -2.39. The molecule has 0 bridgehead atoms. The number of rotatable bonds is 3. The summed E-state index contributed by atoms with van der Waals surface area (Å²) in [6.45, 7) is 0.